The summed E-state index contributed by atoms with van der Waals surface area (Å²) in [7, 11) is 0. The number of imide groups is 1. The van der Waals surface area contributed by atoms with Crippen LogP contribution in [0.3, 0.4) is 0 Å². The molecule has 2 aliphatic heterocycles. The Morgan fingerprint density at radius 3 is 2.58 bits per heavy atom. The zero-order valence-corrected chi connectivity index (χ0v) is 24.4. The van der Waals surface area contributed by atoms with Gasteiger partial charge in [0.25, 0.3) is 11.1 Å². The van der Waals surface area contributed by atoms with Crippen LogP contribution >= 0.6 is 57.6 Å². The van der Waals surface area contributed by atoms with E-state index < -0.39 is 11.1 Å². The van der Waals surface area contributed by atoms with Crippen molar-refractivity contribution in [3.05, 3.63) is 101 Å². The first-order valence-electron chi connectivity index (χ1n) is 11.7. The molecule has 3 aromatic rings. The van der Waals surface area contributed by atoms with Crippen LogP contribution in [-0.4, -0.2) is 39.9 Å². The Hall–Kier alpha value is -2.53. The predicted molar refractivity (Wildman–Crippen MR) is 158 cm³/mol. The Bertz CT molecular complexity index is 1480. The SMILES string of the molecule is O=C(CN1C(=O)S/C(=C\c2ccc(OCc3ccc(Cl)c(Cl)c3)c(I)c2)C1=O)N1CCc2ccccc2C1. The Morgan fingerprint density at radius 2 is 1.82 bits per heavy atom. The molecule has 0 aromatic heterocycles. The summed E-state index contributed by atoms with van der Waals surface area (Å²) in [5.41, 5.74) is 3.96. The van der Waals surface area contributed by atoms with E-state index in [0.29, 0.717) is 35.5 Å². The highest BCUT2D eigenvalue weighted by Crippen LogP contribution is 2.34. The standard InChI is InChI=1S/C28H21Cl2IN2O4S/c29-21-7-5-18(11-22(21)30)16-37-24-8-6-17(12-23(24)31)13-25-27(35)33(28(36)38-25)15-26(34)32-10-9-19-3-1-2-4-20(19)14-32/h1-8,11-13H,9-10,14-16H2/b25-13-. The van der Waals surface area contributed by atoms with Gasteiger partial charge in [-0.3, -0.25) is 19.3 Å². The van der Waals surface area contributed by atoms with Gasteiger partial charge in [-0.2, -0.15) is 0 Å². The lowest BCUT2D eigenvalue weighted by Crippen LogP contribution is -2.44. The van der Waals surface area contributed by atoms with E-state index in [-0.39, 0.29) is 17.4 Å². The summed E-state index contributed by atoms with van der Waals surface area (Å²) < 4.78 is 6.76. The molecular formula is C28H21Cl2IN2O4S. The maximum atomic E-state index is 13.0. The molecule has 194 valence electrons. The first-order valence-corrected chi connectivity index (χ1v) is 14.4. The number of hydrogen-bond donors (Lipinski definition) is 0. The minimum absolute atomic E-state index is 0.235. The van der Waals surface area contributed by atoms with Crippen molar-refractivity contribution in [3.8, 4) is 5.75 Å². The molecule has 0 N–H and O–H groups in total. The van der Waals surface area contributed by atoms with Gasteiger partial charge in [-0.25, -0.2) is 0 Å². The maximum Gasteiger partial charge on any atom is 0.294 e. The quantitative estimate of drug-likeness (QED) is 0.212. The lowest BCUT2D eigenvalue weighted by Gasteiger charge is -2.29. The third kappa shape index (κ3) is 6.03. The van der Waals surface area contributed by atoms with Gasteiger partial charge in [0.1, 0.15) is 18.9 Å². The van der Waals surface area contributed by atoms with Crippen LogP contribution in [0.5, 0.6) is 5.75 Å². The van der Waals surface area contributed by atoms with Crippen LogP contribution in [0.25, 0.3) is 6.08 Å². The number of carbonyl (C=O) groups excluding carboxylic acids is 3. The number of carbonyl (C=O) groups is 3. The van der Waals surface area contributed by atoms with Gasteiger partial charge in [-0.05, 0) is 93.4 Å². The molecule has 3 amide bonds. The van der Waals surface area contributed by atoms with Crippen molar-refractivity contribution >= 4 is 80.7 Å². The number of nitrogens with zero attached hydrogens (tertiary/aromatic N) is 2. The van der Waals surface area contributed by atoms with Crippen LogP contribution in [0.4, 0.5) is 4.79 Å². The molecule has 0 saturated carbocycles. The van der Waals surface area contributed by atoms with E-state index in [1.807, 2.05) is 42.5 Å². The molecule has 10 heteroatoms. The summed E-state index contributed by atoms with van der Waals surface area (Å²) in [4.78, 5) is 41.5. The average molecular weight is 679 g/mol. The fourth-order valence-corrected chi connectivity index (χ4v) is 6.10. The second-order valence-corrected chi connectivity index (χ2v) is 11.8. The fraction of sp³-hybridized carbons (Fsp3) is 0.179. The molecule has 1 saturated heterocycles. The number of amides is 3. The van der Waals surface area contributed by atoms with Crippen LogP contribution in [0.2, 0.25) is 10.0 Å². The summed E-state index contributed by atoms with van der Waals surface area (Å²) >= 11 is 15.0. The summed E-state index contributed by atoms with van der Waals surface area (Å²) in [5.74, 6) is -0.0163. The summed E-state index contributed by atoms with van der Waals surface area (Å²) in [6, 6.07) is 18.8. The second kappa shape index (κ2) is 11.7. The Labute approximate surface area is 248 Å². The number of rotatable bonds is 6. The molecule has 0 unspecified atom stereocenters. The molecular weight excluding hydrogens is 658 g/mol. The average Bonchev–Trinajstić information content (AvgIpc) is 3.17. The number of ether oxygens (including phenoxy) is 1. The lowest BCUT2D eigenvalue weighted by atomic mass is 10.00. The van der Waals surface area contributed by atoms with E-state index in [2.05, 4.69) is 28.7 Å². The molecule has 0 bridgehead atoms. The van der Waals surface area contributed by atoms with Crippen molar-refractivity contribution < 1.29 is 19.1 Å². The predicted octanol–water partition coefficient (Wildman–Crippen LogP) is 6.80. The molecule has 0 spiro atoms. The summed E-state index contributed by atoms with van der Waals surface area (Å²) in [6.45, 7) is 1.11. The van der Waals surface area contributed by atoms with Gasteiger partial charge < -0.3 is 9.64 Å². The molecule has 0 radical (unpaired) electrons. The van der Waals surface area contributed by atoms with Crippen LogP contribution in [0, 0.1) is 3.57 Å². The largest absolute Gasteiger partial charge is 0.488 e. The summed E-state index contributed by atoms with van der Waals surface area (Å²) in [5, 5.41) is 0.512. The zero-order chi connectivity index (χ0) is 26.8. The van der Waals surface area contributed by atoms with E-state index in [1.54, 1.807) is 23.1 Å². The van der Waals surface area contributed by atoms with Crippen LogP contribution in [0.1, 0.15) is 22.3 Å². The molecule has 0 atom stereocenters. The number of benzene rings is 3. The minimum Gasteiger partial charge on any atom is -0.488 e. The molecule has 2 aliphatic rings. The van der Waals surface area contributed by atoms with Crippen LogP contribution < -0.4 is 4.74 Å². The van der Waals surface area contributed by atoms with Crippen molar-refractivity contribution in [3.63, 3.8) is 0 Å². The molecule has 5 rings (SSSR count). The van der Waals surface area contributed by atoms with E-state index in [1.165, 1.54) is 5.56 Å². The van der Waals surface area contributed by atoms with Crippen molar-refractivity contribution in [1.29, 1.82) is 0 Å². The van der Waals surface area contributed by atoms with Crippen molar-refractivity contribution in [2.75, 3.05) is 13.1 Å². The third-order valence-corrected chi connectivity index (χ3v) is 8.77. The summed E-state index contributed by atoms with van der Waals surface area (Å²) in [6.07, 6.45) is 2.42. The highest BCUT2D eigenvalue weighted by molar-refractivity contribution is 14.1. The number of thioether (sulfide) groups is 1. The highest BCUT2D eigenvalue weighted by Gasteiger charge is 2.37. The van der Waals surface area contributed by atoms with Crippen molar-refractivity contribution in [1.82, 2.24) is 9.80 Å². The van der Waals surface area contributed by atoms with Crippen molar-refractivity contribution in [2.24, 2.45) is 0 Å². The Morgan fingerprint density at radius 1 is 1.03 bits per heavy atom. The lowest BCUT2D eigenvalue weighted by molar-refractivity contribution is -0.136. The molecule has 2 heterocycles. The Kier molecular flexibility index (Phi) is 8.32. The van der Waals surface area contributed by atoms with E-state index in [9.17, 15) is 14.4 Å². The molecule has 38 heavy (non-hydrogen) atoms. The monoisotopic (exact) mass is 678 g/mol. The number of halogens is 3. The molecule has 3 aromatic carbocycles. The third-order valence-electron chi connectivity index (χ3n) is 6.28. The maximum absolute atomic E-state index is 13.0. The Balaban J connectivity index is 1.22. The normalized spacial score (nSPS) is 16.2. The van der Waals surface area contributed by atoms with Gasteiger partial charge >= 0.3 is 0 Å². The van der Waals surface area contributed by atoms with Gasteiger partial charge in [0, 0.05) is 13.1 Å². The minimum atomic E-state index is -0.458. The first kappa shape index (κ1) is 27.1. The van der Waals surface area contributed by atoms with Crippen molar-refractivity contribution in [2.45, 2.75) is 19.6 Å². The van der Waals surface area contributed by atoms with Gasteiger partial charge in [-0.1, -0.05) is 59.6 Å². The molecule has 0 aliphatic carbocycles. The zero-order valence-electron chi connectivity index (χ0n) is 20.0. The van der Waals surface area contributed by atoms with Gasteiger partial charge in [0.2, 0.25) is 5.91 Å². The second-order valence-electron chi connectivity index (χ2n) is 8.83. The highest BCUT2D eigenvalue weighted by atomic mass is 127. The van der Waals surface area contributed by atoms with Crippen LogP contribution in [-0.2, 0) is 29.2 Å². The molecule has 6 nitrogen and oxygen atoms in total. The molecule has 1 fully saturated rings. The van der Waals surface area contributed by atoms with E-state index >= 15 is 0 Å². The van der Waals surface area contributed by atoms with Crippen LogP contribution in [0.15, 0.2) is 65.6 Å². The van der Waals surface area contributed by atoms with Gasteiger partial charge in [0.05, 0.1) is 18.5 Å². The fourth-order valence-electron chi connectivity index (χ4n) is 4.25. The first-order chi connectivity index (χ1) is 18.3. The number of fused-ring (bicyclic) bond motifs is 1. The van der Waals surface area contributed by atoms with E-state index in [0.717, 1.165) is 43.3 Å². The van der Waals surface area contributed by atoms with Gasteiger partial charge in [0.15, 0.2) is 0 Å². The topological polar surface area (TPSA) is 66.9 Å². The smallest absolute Gasteiger partial charge is 0.294 e. The van der Waals surface area contributed by atoms with E-state index in [4.69, 9.17) is 27.9 Å². The number of hydrogen-bond acceptors (Lipinski definition) is 5. The van der Waals surface area contributed by atoms with Gasteiger partial charge in [-0.15, -0.1) is 0 Å².